The van der Waals surface area contributed by atoms with Gasteiger partial charge in [-0.25, -0.2) is 0 Å². The summed E-state index contributed by atoms with van der Waals surface area (Å²) < 4.78 is 5.08. The van der Waals surface area contributed by atoms with Crippen LogP contribution in [0, 0.1) is 12.3 Å². The first kappa shape index (κ1) is 16.8. The van der Waals surface area contributed by atoms with E-state index in [0.29, 0.717) is 30.0 Å². The molecule has 1 heterocycles. The lowest BCUT2D eigenvalue weighted by atomic mass is 9.80. The van der Waals surface area contributed by atoms with Gasteiger partial charge in [0.1, 0.15) is 5.41 Å². The lowest BCUT2D eigenvalue weighted by Crippen LogP contribution is -2.52. The summed E-state index contributed by atoms with van der Waals surface area (Å²) in [7, 11) is 1.48. The number of methoxy groups -OCH3 is 1. The molecule has 1 amide bonds. The minimum atomic E-state index is -1.02. The quantitative estimate of drug-likeness (QED) is 0.924. The fourth-order valence-electron chi connectivity index (χ4n) is 2.90. The van der Waals surface area contributed by atoms with Gasteiger partial charge >= 0.3 is 5.97 Å². The van der Waals surface area contributed by atoms with Gasteiger partial charge in [-0.15, -0.1) is 0 Å². The van der Waals surface area contributed by atoms with Crippen molar-refractivity contribution in [3.05, 3.63) is 34.3 Å². The highest BCUT2D eigenvalue weighted by Crippen LogP contribution is 2.31. The predicted molar refractivity (Wildman–Crippen MR) is 83.3 cm³/mol. The maximum atomic E-state index is 12.6. The number of hydrogen-bond donors (Lipinski definition) is 1. The SMILES string of the molecule is COCC1(C(=O)O)CCCN(C(=O)c2ccc(Cl)c(C)c2)C1. The van der Waals surface area contributed by atoms with Crippen molar-refractivity contribution >= 4 is 23.5 Å². The smallest absolute Gasteiger partial charge is 0.313 e. The van der Waals surface area contributed by atoms with E-state index < -0.39 is 11.4 Å². The number of carbonyl (C=O) groups excluding carboxylic acids is 1. The number of amides is 1. The molecular weight excluding hydrogens is 306 g/mol. The summed E-state index contributed by atoms with van der Waals surface area (Å²) >= 11 is 5.98. The minimum Gasteiger partial charge on any atom is -0.481 e. The van der Waals surface area contributed by atoms with E-state index in [1.165, 1.54) is 7.11 Å². The number of aryl methyl sites for hydroxylation is 1. The van der Waals surface area contributed by atoms with Gasteiger partial charge in [0.15, 0.2) is 0 Å². The molecule has 2 rings (SSSR count). The fraction of sp³-hybridized carbons (Fsp3) is 0.500. The van der Waals surface area contributed by atoms with Crippen molar-refractivity contribution in [2.45, 2.75) is 19.8 Å². The van der Waals surface area contributed by atoms with Crippen LogP contribution < -0.4 is 0 Å². The molecule has 0 aromatic heterocycles. The molecular formula is C16H20ClNO4. The highest BCUT2D eigenvalue weighted by molar-refractivity contribution is 6.31. The molecule has 0 aliphatic carbocycles. The molecule has 1 aliphatic heterocycles. The lowest BCUT2D eigenvalue weighted by molar-refractivity contribution is -0.155. The van der Waals surface area contributed by atoms with Gasteiger partial charge in [0.25, 0.3) is 5.91 Å². The first-order chi connectivity index (χ1) is 10.4. The van der Waals surface area contributed by atoms with Crippen LogP contribution >= 0.6 is 11.6 Å². The van der Waals surface area contributed by atoms with Gasteiger partial charge in [-0.05, 0) is 43.5 Å². The third-order valence-corrected chi connectivity index (χ3v) is 4.57. The Labute approximate surface area is 134 Å². The number of halogens is 1. The Morgan fingerprint density at radius 2 is 2.18 bits per heavy atom. The van der Waals surface area contributed by atoms with Crippen molar-refractivity contribution in [3.8, 4) is 0 Å². The number of aliphatic carboxylic acids is 1. The van der Waals surface area contributed by atoms with Crippen molar-refractivity contribution < 1.29 is 19.4 Å². The van der Waals surface area contributed by atoms with Crippen LogP contribution in [-0.4, -0.2) is 48.7 Å². The Kier molecular flexibility index (Phi) is 5.08. The zero-order valence-corrected chi connectivity index (χ0v) is 13.5. The van der Waals surface area contributed by atoms with Crippen LogP contribution in [0.5, 0.6) is 0 Å². The summed E-state index contributed by atoms with van der Waals surface area (Å²) in [5, 5.41) is 10.1. The highest BCUT2D eigenvalue weighted by atomic mass is 35.5. The van der Waals surface area contributed by atoms with Crippen LogP contribution in [-0.2, 0) is 9.53 Å². The Morgan fingerprint density at radius 3 is 2.77 bits per heavy atom. The van der Waals surface area contributed by atoms with Gasteiger partial charge in [0.05, 0.1) is 6.61 Å². The van der Waals surface area contributed by atoms with E-state index in [1.54, 1.807) is 23.1 Å². The number of carbonyl (C=O) groups is 2. The average molecular weight is 326 g/mol. The van der Waals surface area contributed by atoms with Crippen molar-refractivity contribution in [3.63, 3.8) is 0 Å². The molecule has 0 radical (unpaired) electrons. The van der Waals surface area contributed by atoms with Gasteiger partial charge < -0.3 is 14.7 Å². The van der Waals surface area contributed by atoms with E-state index in [-0.39, 0.29) is 19.1 Å². The van der Waals surface area contributed by atoms with Gasteiger partial charge in [0, 0.05) is 30.8 Å². The van der Waals surface area contributed by atoms with Crippen LogP contribution in [0.3, 0.4) is 0 Å². The molecule has 1 saturated heterocycles. The van der Waals surface area contributed by atoms with E-state index in [9.17, 15) is 14.7 Å². The van der Waals surface area contributed by atoms with Crippen molar-refractivity contribution in [2.75, 3.05) is 26.8 Å². The third-order valence-electron chi connectivity index (χ3n) is 4.14. The van der Waals surface area contributed by atoms with E-state index in [2.05, 4.69) is 0 Å². The zero-order valence-electron chi connectivity index (χ0n) is 12.8. The van der Waals surface area contributed by atoms with Gasteiger partial charge in [-0.3, -0.25) is 9.59 Å². The third kappa shape index (κ3) is 3.25. The Bertz CT molecular complexity index is 586. The molecule has 6 heteroatoms. The lowest BCUT2D eigenvalue weighted by Gasteiger charge is -2.39. The first-order valence-electron chi connectivity index (χ1n) is 7.17. The maximum absolute atomic E-state index is 12.6. The number of likely N-dealkylation sites (tertiary alicyclic amines) is 1. The fourth-order valence-corrected chi connectivity index (χ4v) is 3.01. The van der Waals surface area contributed by atoms with Crippen molar-refractivity contribution in [1.82, 2.24) is 4.90 Å². The molecule has 1 unspecified atom stereocenters. The zero-order chi connectivity index (χ0) is 16.3. The number of ether oxygens (including phenoxy) is 1. The number of benzene rings is 1. The number of hydrogen-bond acceptors (Lipinski definition) is 3. The molecule has 1 aromatic rings. The Morgan fingerprint density at radius 1 is 1.45 bits per heavy atom. The second-order valence-electron chi connectivity index (χ2n) is 5.81. The Balaban J connectivity index is 2.22. The number of carboxylic acids is 1. The van der Waals surface area contributed by atoms with Crippen LogP contribution in [0.4, 0.5) is 0 Å². The largest absolute Gasteiger partial charge is 0.481 e. The molecule has 1 aliphatic rings. The van der Waals surface area contributed by atoms with E-state index in [0.717, 1.165) is 5.56 Å². The summed E-state index contributed by atoms with van der Waals surface area (Å²) in [6, 6.07) is 5.09. The van der Waals surface area contributed by atoms with Crippen LogP contribution in [0.1, 0.15) is 28.8 Å². The number of nitrogens with zero attached hydrogens (tertiary/aromatic N) is 1. The molecule has 120 valence electrons. The standard InChI is InChI=1S/C16H20ClNO4/c1-11-8-12(4-5-13(11)17)14(19)18-7-3-6-16(9-18,10-22-2)15(20)21/h4-5,8H,3,6-7,9-10H2,1-2H3,(H,20,21). The summed E-state index contributed by atoms with van der Waals surface area (Å²) in [4.78, 5) is 25.9. The highest BCUT2D eigenvalue weighted by Gasteiger charge is 2.44. The average Bonchev–Trinajstić information content (AvgIpc) is 2.49. The summed E-state index contributed by atoms with van der Waals surface area (Å²) in [5.74, 6) is -1.08. The van der Waals surface area contributed by atoms with Crippen LogP contribution in [0.15, 0.2) is 18.2 Å². The van der Waals surface area contributed by atoms with E-state index in [4.69, 9.17) is 16.3 Å². The second kappa shape index (κ2) is 6.67. The molecule has 22 heavy (non-hydrogen) atoms. The summed E-state index contributed by atoms with van der Waals surface area (Å²) in [6.07, 6.45) is 1.16. The van der Waals surface area contributed by atoms with Gasteiger partial charge in [-0.2, -0.15) is 0 Å². The summed E-state index contributed by atoms with van der Waals surface area (Å²) in [6.45, 7) is 2.66. The van der Waals surface area contributed by atoms with E-state index >= 15 is 0 Å². The monoisotopic (exact) mass is 325 g/mol. The number of rotatable bonds is 4. The molecule has 0 saturated carbocycles. The molecule has 0 spiro atoms. The topological polar surface area (TPSA) is 66.8 Å². The molecule has 5 nitrogen and oxygen atoms in total. The number of piperidine rings is 1. The maximum Gasteiger partial charge on any atom is 0.313 e. The normalized spacial score (nSPS) is 21.7. The molecule has 0 bridgehead atoms. The van der Waals surface area contributed by atoms with Crippen LogP contribution in [0.2, 0.25) is 5.02 Å². The van der Waals surface area contributed by atoms with Crippen molar-refractivity contribution in [2.24, 2.45) is 5.41 Å². The van der Waals surface area contributed by atoms with E-state index in [1.807, 2.05) is 6.92 Å². The summed E-state index contributed by atoms with van der Waals surface area (Å²) in [5.41, 5.74) is 0.329. The molecule has 1 aromatic carbocycles. The number of carboxylic acid groups (broad SMARTS) is 1. The second-order valence-corrected chi connectivity index (χ2v) is 6.22. The van der Waals surface area contributed by atoms with Crippen LogP contribution in [0.25, 0.3) is 0 Å². The van der Waals surface area contributed by atoms with Gasteiger partial charge in [-0.1, -0.05) is 11.6 Å². The van der Waals surface area contributed by atoms with Crippen molar-refractivity contribution in [1.29, 1.82) is 0 Å². The molecule has 1 N–H and O–H groups in total. The minimum absolute atomic E-state index is 0.103. The molecule has 1 fully saturated rings. The first-order valence-corrected chi connectivity index (χ1v) is 7.55. The molecule has 1 atom stereocenters. The predicted octanol–water partition coefficient (Wildman–Crippen LogP) is 2.60. The Hall–Kier alpha value is -1.59. The van der Waals surface area contributed by atoms with Gasteiger partial charge in [0.2, 0.25) is 0 Å².